The van der Waals surface area contributed by atoms with Crippen LogP contribution in [0.2, 0.25) is 0 Å². The molecule has 1 heterocycles. The minimum absolute atomic E-state index is 0.382. The van der Waals surface area contributed by atoms with Crippen molar-refractivity contribution in [2.75, 3.05) is 14.1 Å². The highest BCUT2D eigenvalue weighted by atomic mass is 32.2. The standard InChI is InChI=1S/C25H25NO3S/c1-26(2)24-23(20-14-8-4-9-15-20)22(18-19-12-6-3-7-13-19)29-30(27,28)25(24)21-16-10-5-11-17-21/h3-17,24-25H,18H2,1-2H3. The highest BCUT2D eigenvalue weighted by Gasteiger charge is 2.46. The number of hydrogen-bond donors (Lipinski definition) is 0. The van der Waals surface area contributed by atoms with Crippen LogP contribution >= 0.6 is 0 Å². The van der Waals surface area contributed by atoms with Gasteiger partial charge in [0.25, 0.3) is 0 Å². The Bertz CT molecular complexity index is 1120. The van der Waals surface area contributed by atoms with E-state index in [1.807, 2.05) is 110 Å². The van der Waals surface area contributed by atoms with Gasteiger partial charge < -0.3 is 9.08 Å². The first-order chi connectivity index (χ1) is 14.5. The van der Waals surface area contributed by atoms with Crippen molar-refractivity contribution in [2.24, 2.45) is 0 Å². The van der Waals surface area contributed by atoms with Gasteiger partial charge in [-0.2, -0.15) is 8.42 Å². The lowest BCUT2D eigenvalue weighted by Crippen LogP contribution is -2.43. The number of allylic oxidation sites excluding steroid dienone is 1. The normalized spacial score (nSPS) is 20.8. The van der Waals surface area contributed by atoms with E-state index in [0.29, 0.717) is 12.2 Å². The minimum atomic E-state index is -3.88. The summed E-state index contributed by atoms with van der Waals surface area (Å²) in [7, 11) is -0.0382. The van der Waals surface area contributed by atoms with E-state index in [-0.39, 0.29) is 6.04 Å². The van der Waals surface area contributed by atoms with Gasteiger partial charge >= 0.3 is 10.1 Å². The Hall–Kier alpha value is -2.89. The van der Waals surface area contributed by atoms with E-state index in [2.05, 4.69) is 0 Å². The number of nitrogens with zero attached hydrogens (tertiary/aromatic N) is 1. The van der Waals surface area contributed by atoms with Gasteiger partial charge in [-0.05, 0) is 30.8 Å². The van der Waals surface area contributed by atoms with Crippen LogP contribution in [0.15, 0.2) is 96.8 Å². The van der Waals surface area contributed by atoms with E-state index in [1.165, 1.54) is 0 Å². The predicted octanol–water partition coefficient (Wildman–Crippen LogP) is 4.67. The molecule has 0 aromatic heterocycles. The van der Waals surface area contributed by atoms with Crippen molar-refractivity contribution in [3.8, 4) is 0 Å². The van der Waals surface area contributed by atoms with E-state index >= 15 is 0 Å². The van der Waals surface area contributed by atoms with Crippen molar-refractivity contribution in [3.63, 3.8) is 0 Å². The van der Waals surface area contributed by atoms with Crippen LogP contribution in [0, 0.1) is 0 Å². The summed E-state index contributed by atoms with van der Waals surface area (Å²) in [5.41, 5.74) is 3.61. The van der Waals surface area contributed by atoms with Crippen LogP contribution in [0.1, 0.15) is 21.9 Å². The topological polar surface area (TPSA) is 46.6 Å². The zero-order valence-electron chi connectivity index (χ0n) is 17.1. The number of likely N-dealkylation sites (N-methyl/N-ethyl adjacent to an activating group) is 1. The van der Waals surface area contributed by atoms with Crippen LogP contribution in [0.4, 0.5) is 0 Å². The summed E-state index contributed by atoms with van der Waals surface area (Å²) in [5.74, 6) is 0.485. The maximum absolute atomic E-state index is 13.4. The molecule has 5 heteroatoms. The van der Waals surface area contributed by atoms with Crippen LogP contribution in [0.5, 0.6) is 0 Å². The van der Waals surface area contributed by atoms with Crippen molar-refractivity contribution in [2.45, 2.75) is 17.7 Å². The molecule has 3 aromatic carbocycles. The molecule has 1 aliphatic heterocycles. The largest absolute Gasteiger partial charge is 0.386 e. The molecule has 1 aliphatic rings. The van der Waals surface area contributed by atoms with Gasteiger partial charge in [0.1, 0.15) is 11.0 Å². The summed E-state index contributed by atoms with van der Waals surface area (Å²) in [6.45, 7) is 0. The fourth-order valence-electron chi connectivity index (χ4n) is 4.09. The maximum Gasteiger partial charge on any atom is 0.317 e. The molecule has 0 aliphatic carbocycles. The number of hydrogen-bond acceptors (Lipinski definition) is 4. The molecule has 0 radical (unpaired) electrons. The Morgan fingerprint density at radius 2 is 1.33 bits per heavy atom. The Morgan fingerprint density at radius 1 is 0.800 bits per heavy atom. The van der Waals surface area contributed by atoms with Crippen molar-refractivity contribution >= 4 is 15.7 Å². The average Bonchev–Trinajstić information content (AvgIpc) is 2.74. The molecule has 0 bridgehead atoms. The summed E-state index contributed by atoms with van der Waals surface area (Å²) < 4.78 is 32.6. The molecule has 0 saturated heterocycles. The van der Waals surface area contributed by atoms with Gasteiger partial charge in [-0.15, -0.1) is 0 Å². The summed E-state index contributed by atoms with van der Waals surface area (Å²) >= 11 is 0. The van der Waals surface area contributed by atoms with E-state index in [4.69, 9.17) is 4.18 Å². The molecular weight excluding hydrogens is 394 g/mol. The zero-order chi connectivity index (χ0) is 21.1. The average molecular weight is 420 g/mol. The summed E-state index contributed by atoms with van der Waals surface area (Å²) in [6, 6.07) is 28.7. The molecule has 154 valence electrons. The first kappa shape index (κ1) is 20.4. The molecule has 30 heavy (non-hydrogen) atoms. The maximum atomic E-state index is 13.4. The smallest absolute Gasteiger partial charge is 0.317 e. The van der Waals surface area contributed by atoms with E-state index in [0.717, 1.165) is 22.3 Å². The molecule has 3 aromatic rings. The molecule has 4 nitrogen and oxygen atoms in total. The molecule has 0 saturated carbocycles. The van der Waals surface area contributed by atoms with Gasteiger partial charge in [-0.25, -0.2) is 0 Å². The van der Waals surface area contributed by atoms with E-state index < -0.39 is 15.4 Å². The molecule has 2 unspecified atom stereocenters. The summed E-state index contributed by atoms with van der Waals surface area (Å²) in [6.07, 6.45) is 0.413. The zero-order valence-corrected chi connectivity index (χ0v) is 17.9. The molecule has 0 fully saturated rings. The third-order valence-electron chi connectivity index (χ3n) is 5.39. The minimum Gasteiger partial charge on any atom is -0.386 e. The van der Waals surface area contributed by atoms with Gasteiger partial charge in [-0.3, -0.25) is 0 Å². The Morgan fingerprint density at radius 3 is 1.90 bits per heavy atom. The van der Waals surface area contributed by atoms with Gasteiger partial charge in [0.15, 0.2) is 0 Å². The lowest BCUT2D eigenvalue weighted by Gasteiger charge is -2.39. The van der Waals surface area contributed by atoms with E-state index in [9.17, 15) is 8.42 Å². The monoisotopic (exact) mass is 419 g/mol. The molecule has 2 atom stereocenters. The van der Waals surface area contributed by atoms with Crippen LogP contribution in [-0.4, -0.2) is 33.5 Å². The fourth-order valence-corrected chi connectivity index (χ4v) is 5.81. The Labute approximate surface area is 178 Å². The van der Waals surface area contributed by atoms with Gasteiger partial charge in [0.05, 0.1) is 6.04 Å². The van der Waals surface area contributed by atoms with Crippen LogP contribution in [0.25, 0.3) is 5.57 Å². The SMILES string of the molecule is CN(C)C1C(c2ccccc2)=C(Cc2ccccc2)OS(=O)(=O)C1c1ccccc1. The molecule has 4 rings (SSSR count). The lowest BCUT2D eigenvalue weighted by atomic mass is 9.89. The molecule has 0 spiro atoms. The second-order valence-corrected chi connectivity index (χ2v) is 9.34. The van der Waals surface area contributed by atoms with Crippen LogP contribution in [0.3, 0.4) is 0 Å². The second-order valence-electron chi connectivity index (χ2n) is 7.68. The molecular formula is C25H25NO3S. The van der Waals surface area contributed by atoms with E-state index in [1.54, 1.807) is 0 Å². The lowest BCUT2D eigenvalue weighted by molar-refractivity contribution is 0.293. The molecule has 0 N–H and O–H groups in total. The first-order valence-electron chi connectivity index (χ1n) is 9.94. The van der Waals surface area contributed by atoms with Crippen LogP contribution < -0.4 is 0 Å². The van der Waals surface area contributed by atoms with Crippen molar-refractivity contribution in [1.29, 1.82) is 0 Å². The number of rotatable bonds is 5. The summed E-state index contributed by atoms with van der Waals surface area (Å²) in [4.78, 5) is 1.98. The van der Waals surface area contributed by atoms with Crippen molar-refractivity contribution in [3.05, 3.63) is 113 Å². The third kappa shape index (κ3) is 4.04. The number of benzene rings is 3. The second kappa shape index (κ2) is 8.46. The van der Waals surface area contributed by atoms with Crippen LogP contribution in [-0.2, 0) is 20.7 Å². The van der Waals surface area contributed by atoms with Crippen molar-refractivity contribution in [1.82, 2.24) is 4.90 Å². The quantitative estimate of drug-likeness (QED) is 0.564. The van der Waals surface area contributed by atoms with Gasteiger partial charge in [0, 0.05) is 12.0 Å². The highest BCUT2D eigenvalue weighted by molar-refractivity contribution is 7.87. The van der Waals surface area contributed by atoms with Gasteiger partial charge in [0.2, 0.25) is 0 Å². The Balaban J connectivity index is 1.94. The predicted molar refractivity (Wildman–Crippen MR) is 120 cm³/mol. The molecule has 0 amide bonds. The first-order valence-corrected chi connectivity index (χ1v) is 11.4. The highest BCUT2D eigenvalue weighted by Crippen LogP contribution is 2.44. The van der Waals surface area contributed by atoms with Gasteiger partial charge in [-0.1, -0.05) is 91.0 Å². The summed E-state index contributed by atoms with van der Waals surface area (Å²) in [5, 5.41) is -0.816. The Kier molecular flexibility index (Phi) is 5.75. The third-order valence-corrected chi connectivity index (χ3v) is 6.97. The fraction of sp³-hybridized carbons (Fsp3) is 0.200. The van der Waals surface area contributed by atoms with Crippen molar-refractivity contribution < 1.29 is 12.6 Å².